The number of ether oxygens (including phenoxy) is 1. The molecule has 6 nitrogen and oxygen atoms in total. The molecule has 5 aromatic heterocycles. The monoisotopic (exact) mass is 790 g/mol. The van der Waals surface area contributed by atoms with E-state index in [-0.39, 0.29) is 21.1 Å². The van der Waals surface area contributed by atoms with Crippen LogP contribution in [0.5, 0.6) is 11.5 Å². The molecule has 0 aliphatic rings. The third-order valence-electron chi connectivity index (χ3n) is 9.22. The van der Waals surface area contributed by atoms with Crippen LogP contribution >= 0.6 is 0 Å². The fraction of sp³-hybridized carbons (Fsp3) is 0.125. The molecule has 7 heteroatoms. The summed E-state index contributed by atoms with van der Waals surface area (Å²) < 4.78 is 10.8. The fourth-order valence-corrected chi connectivity index (χ4v) is 7.18. The second-order valence-corrected chi connectivity index (χ2v) is 12.2. The number of hydrogen-bond donors (Lipinski definition) is 0. The molecule has 0 saturated carbocycles. The van der Waals surface area contributed by atoms with Crippen molar-refractivity contribution in [3.8, 4) is 22.8 Å². The van der Waals surface area contributed by atoms with Gasteiger partial charge in [0.25, 0.3) is 0 Å². The van der Waals surface area contributed by atoms with E-state index in [1.807, 2.05) is 31.3 Å². The predicted molar refractivity (Wildman–Crippen MR) is 185 cm³/mol. The zero-order valence-electron chi connectivity index (χ0n) is 26.5. The van der Waals surface area contributed by atoms with Gasteiger partial charge in [-0.3, -0.25) is 15.0 Å². The molecule has 9 aromatic rings. The van der Waals surface area contributed by atoms with Crippen molar-refractivity contribution in [3.05, 3.63) is 125 Å². The number of rotatable bonds is 3. The minimum atomic E-state index is 0. The molecule has 47 heavy (non-hydrogen) atoms. The minimum Gasteiger partial charge on any atom is -0.497 e. The van der Waals surface area contributed by atoms with E-state index in [0.717, 1.165) is 71.9 Å². The van der Waals surface area contributed by atoms with Crippen molar-refractivity contribution in [2.75, 3.05) is 0 Å². The third kappa shape index (κ3) is 4.39. The van der Waals surface area contributed by atoms with Gasteiger partial charge in [-0.25, -0.2) is 0 Å². The van der Waals surface area contributed by atoms with E-state index in [1.165, 1.54) is 22.3 Å². The van der Waals surface area contributed by atoms with Crippen LogP contribution in [0, 0.1) is 46.8 Å². The normalized spacial score (nSPS) is 11.8. The van der Waals surface area contributed by atoms with E-state index in [4.69, 9.17) is 19.7 Å². The first-order valence-corrected chi connectivity index (χ1v) is 15.5. The molecule has 0 spiro atoms. The Labute approximate surface area is 285 Å². The summed E-state index contributed by atoms with van der Waals surface area (Å²) in [4.78, 5) is 14.9. The molecule has 230 valence electrons. The number of pyridine rings is 3. The molecule has 4 aromatic carbocycles. The number of nitrogens with zero attached hydrogens (tertiary/aromatic N) is 5. The van der Waals surface area contributed by atoms with Crippen LogP contribution in [0.15, 0.2) is 85.2 Å². The fourth-order valence-electron chi connectivity index (χ4n) is 7.18. The average Bonchev–Trinajstić information content (AvgIpc) is 3.62. The number of para-hydroxylation sites is 1. The van der Waals surface area contributed by atoms with Gasteiger partial charge in [-0.05, 0) is 69.3 Å². The van der Waals surface area contributed by atoms with Crippen molar-refractivity contribution in [1.82, 2.24) is 23.8 Å². The molecule has 5 heterocycles. The Balaban J connectivity index is 0.00000324. The van der Waals surface area contributed by atoms with Gasteiger partial charge >= 0.3 is 21.1 Å². The summed E-state index contributed by atoms with van der Waals surface area (Å²) >= 11 is 0. The molecular formula is C40H29N5OPt. The summed E-state index contributed by atoms with van der Waals surface area (Å²) in [5.74, 6) is 1.18. The molecule has 9 rings (SSSR count). The largest absolute Gasteiger partial charge is 2.00 e. The Morgan fingerprint density at radius 3 is 2.13 bits per heavy atom. The van der Waals surface area contributed by atoms with Crippen molar-refractivity contribution < 1.29 is 25.8 Å². The minimum absolute atomic E-state index is 0. The summed E-state index contributed by atoms with van der Waals surface area (Å²) in [5.41, 5.74) is 12.6. The van der Waals surface area contributed by atoms with Crippen LogP contribution in [0.25, 0.3) is 66.0 Å². The molecule has 0 bridgehead atoms. The quantitative estimate of drug-likeness (QED) is 0.132. The van der Waals surface area contributed by atoms with Crippen LogP contribution in [0.3, 0.4) is 0 Å². The van der Waals surface area contributed by atoms with Gasteiger partial charge in [-0.2, -0.15) is 0 Å². The molecule has 0 N–H and O–H groups in total. The number of aromatic nitrogens is 5. The second kappa shape index (κ2) is 10.7. The van der Waals surface area contributed by atoms with Gasteiger partial charge in [0.2, 0.25) is 0 Å². The van der Waals surface area contributed by atoms with Crippen LogP contribution in [0.1, 0.15) is 28.1 Å². The first-order chi connectivity index (χ1) is 22.4. The molecular weight excluding hydrogens is 762 g/mol. The summed E-state index contributed by atoms with van der Waals surface area (Å²) in [6.45, 7) is 10.6. The first kappa shape index (κ1) is 29.3. The smallest absolute Gasteiger partial charge is 0.497 e. The van der Waals surface area contributed by atoms with Crippen molar-refractivity contribution in [2.45, 2.75) is 34.6 Å². The summed E-state index contributed by atoms with van der Waals surface area (Å²) in [6.07, 6.45) is 3.98. The number of aryl methyl sites for hydroxylation is 5. The number of benzene rings is 4. The van der Waals surface area contributed by atoms with Crippen LogP contribution < -0.4 is 4.74 Å². The topological polar surface area (TPSA) is 56.7 Å². The predicted octanol–water partition coefficient (Wildman–Crippen LogP) is 9.59. The second-order valence-electron chi connectivity index (χ2n) is 12.2. The Bertz CT molecular complexity index is 2720. The molecule has 0 unspecified atom stereocenters. The maximum Gasteiger partial charge on any atom is 2.00 e. The molecule has 0 aliphatic carbocycles. The number of imidazole rings is 2. The Kier molecular flexibility index (Phi) is 6.71. The van der Waals surface area contributed by atoms with Gasteiger partial charge < -0.3 is 13.5 Å². The molecule has 0 radical (unpaired) electrons. The summed E-state index contributed by atoms with van der Waals surface area (Å²) in [6, 6.07) is 32.1. The van der Waals surface area contributed by atoms with Crippen LogP contribution in [-0.4, -0.2) is 23.8 Å². The van der Waals surface area contributed by atoms with Gasteiger partial charge in [0.1, 0.15) is 0 Å². The van der Waals surface area contributed by atoms with Gasteiger partial charge in [-0.1, -0.05) is 81.7 Å². The Morgan fingerprint density at radius 1 is 0.681 bits per heavy atom. The van der Waals surface area contributed by atoms with E-state index in [0.29, 0.717) is 11.5 Å². The van der Waals surface area contributed by atoms with E-state index in [1.54, 1.807) is 0 Å². The molecule has 0 aliphatic heterocycles. The van der Waals surface area contributed by atoms with Crippen LogP contribution in [-0.2, 0) is 21.1 Å². The van der Waals surface area contributed by atoms with Gasteiger partial charge in [0, 0.05) is 46.4 Å². The van der Waals surface area contributed by atoms with Crippen molar-refractivity contribution in [2.24, 2.45) is 0 Å². The van der Waals surface area contributed by atoms with Crippen LogP contribution in [0.4, 0.5) is 0 Å². The zero-order valence-corrected chi connectivity index (χ0v) is 28.8. The van der Waals surface area contributed by atoms with E-state index in [2.05, 4.69) is 109 Å². The van der Waals surface area contributed by atoms with Gasteiger partial charge in [0.05, 0.1) is 28.0 Å². The standard InChI is InChI=1S/C40H29N5O.Pt/c1-22-17-23(2)37(24(3)18-22)34-21-44-35-10-7-6-9-30(35)29-14-12-27(19-32(29)39(44)43-34)46-28-13-15-31-33(20-28)40-42-25(4)26(5)45(40)36-11-8-16-41-38(31)36;/h6-18,21H,1-5H3;/q-2;+2. The van der Waals surface area contributed by atoms with E-state index < -0.39 is 0 Å². The van der Waals surface area contributed by atoms with Crippen LogP contribution in [0.2, 0.25) is 0 Å². The molecule has 0 fully saturated rings. The zero-order chi connectivity index (χ0) is 31.3. The Hall–Kier alpha value is -5.06. The maximum atomic E-state index is 6.49. The SMILES string of the molecule is Cc1cc(C)c(-c2cn3c4ccccc4c4ccc(Oc5[c-]c6c(cc5)c5ncccc5n5c(C)c(C)nc65)[c-]c4c3n2)c(C)c1.[Pt+2]. The number of fused-ring (bicyclic) bond motifs is 12. The molecule has 0 saturated heterocycles. The van der Waals surface area contributed by atoms with Gasteiger partial charge in [0.15, 0.2) is 0 Å². The van der Waals surface area contributed by atoms with Crippen molar-refractivity contribution in [1.29, 1.82) is 0 Å². The molecule has 0 atom stereocenters. The van der Waals surface area contributed by atoms with Crippen molar-refractivity contribution >= 4 is 54.8 Å². The third-order valence-corrected chi connectivity index (χ3v) is 9.22. The Morgan fingerprint density at radius 2 is 1.36 bits per heavy atom. The van der Waals surface area contributed by atoms with Crippen molar-refractivity contribution in [3.63, 3.8) is 0 Å². The average molecular weight is 791 g/mol. The number of hydrogen-bond acceptors (Lipinski definition) is 4. The maximum absolute atomic E-state index is 6.49. The van der Waals surface area contributed by atoms with E-state index >= 15 is 0 Å². The summed E-state index contributed by atoms with van der Waals surface area (Å²) in [7, 11) is 0. The van der Waals surface area contributed by atoms with Gasteiger partial charge in [-0.15, -0.1) is 12.1 Å². The molecule has 0 amide bonds. The first-order valence-electron chi connectivity index (χ1n) is 15.5. The summed E-state index contributed by atoms with van der Waals surface area (Å²) in [5, 5.41) is 4.98. The van der Waals surface area contributed by atoms with E-state index in [9.17, 15) is 0 Å².